The molecule has 0 fully saturated rings. The average molecular weight is 963 g/mol. The SMILES string of the molecule is Cc1ccccc1-c1ccc2c3ccc(-c4ccccc4C)cc3n(-c3cc(C#N)c(-c4ccc(C#N)cc4C(F)(F)F)cc3-n3c4cc(-c5ccccc5C)ccc4c4ccc(-c5ccccc5C)cc43)c2c1. The van der Waals surface area contributed by atoms with E-state index in [1.807, 2.05) is 54.6 Å². The molecule has 0 saturated carbocycles. The Kier molecular flexibility index (Phi) is 10.9. The van der Waals surface area contributed by atoms with Gasteiger partial charge >= 0.3 is 6.18 Å². The van der Waals surface area contributed by atoms with Crippen LogP contribution in [0.4, 0.5) is 13.2 Å². The van der Waals surface area contributed by atoms with Crippen molar-refractivity contribution in [3.05, 3.63) is 239 Å². The van der Waals surface area contributed by atoms with Crippen LogP contribution in [0, 0.1) is 50.4 Å². The third kappa shape index (κ3) is 7.52. The molecule has 12 aromatic rings. The van der Waals surface area contributed by atoms with Crippen LogP contribution in [-0.4, -0.2) is 9.13 Å². The van der Waals surface area contributed by atoms with E-state index in [1.165, 1.54) is 12.1 Å². The maximum atomic E-state index is 15.4. The molecule has 4 nitrogen and oxygen atoms in total. The molecular formula is C67H45F3N4. The van der Waals surface area contributed by atoms with Crippen LogP contribution in [0.3, 0.4) is 0 Å². The third-order valence-corrected chi connectivity index (χ3v) is 14.8. The van der Waals surface area contributed by atoms with Crippen LogP contribution in [0.25, 0.3) is 111 Å². The minimum absolute atomic E-state index is 0.0426. The molecule has 354 valence electrons. The van der Waals surface area contributed by atoms with Crippen molar-refractivity contribution in [3.63, 3.8) is 0 Å². The summed E-state index contributed by atoms with van der Waals surface area (Å²) in [5.74, 6) is 0. The van der Waals surface area contributed by atoms with Crippen molar-refractivity contribution in [1.82, 2.24) is 9.13 Å². The van der Waals surface area contributed by atoms with E-state index in [4.69, 9.17) is 0 Å². The molecule has 12 rings (SSSR count). The minimum Gasteiger partial charge on any atom is -0.307 e. The van der Waals surface area contributed by atoms with Gasteiger partial charge in [0.15, 0.2) is 0 Å². The van der Waals surface area contributed by atoms with Crippen molar-refractivity contribution in [2.45, 2.75) is 33.9 Å². The molecule has 2 heterocycles. The quantitative estimate of drug-likeness (QED) is 0.160. The van der Waals surface area contributed by atoms with E-state index in [0.717, 1.165) is 116 Å². The van der Waals surface area contributed by atoms with E-state index in [-0.39, 0.29) is 22.3 Å². The first-order valence-corrected chi connectivity index (χ1v) is 24.5. The average Bonchev–Trinajstić information content (AvgIpc) is 3.91. The lowest BCUT2D eigenvalue weighted by atomic mass is 9.92. The highest BCUT2D eigenvalue weighted by Gasteiger charge is 2.35. The zero-order valence-corrected chi connectivity index (χ0v) is 41.0. The molecule has 0 N–H and O–H groups in total. The van der Waals surface area contributed by atoms with Crippen LogP contribution < -0.4 is 0 Å². The highest BCUT2D eigenvalue weighted by Crippen LogP contribution is 2.46. The maximum absolute atomic E-state index is 15.4. The van der Waals surface area contributed by atoms with Gasteiger partial charge in [0.2, 0.25) is 0 Å². The molecule has 74 heavy (non-hydrogen) atoms. The summed E-state index contributed by atoms with van der Waals surface area (Å²) in [6, 6.07) is 70.2. The Morgan fingerprint density at radius 3 is 1.03 bits per heavy atom. The third-order valence-electron chi connectivity index (χ3n) is 14.8. The largest absolute Gasteiger partial charge is 0.417 e. The number of hydrogen-bond donors (Lipinski definition) is 0. The van der Waals surface area contributed by atoms with Gasteiger partial charge in [-0.05, 0) is 149 Å². The molecule has 0 aliphatic rings. The first-order valence-electron chi connectivity index (χ1n) is 24.5. The van der Waals surface area contributed by atoms with Gasteiger partial charge in [0.25, 0.3) is 0 Å². The Morgan fingerprint density at radius 1 is 0.351 bits per heavy atom. The summed E-state index contributed by atoms with van der Waals surface area (Å²) < 4.78 is 50.6. The van der Waals surface area contributed by atoms with E-state index in [0.29, 0.717) is 11.4 Å². The lowest BCUT2D eigenvalue weighted by molar-refractivity contribution is -0.137. The zero-order valence-electron chi connectivity index (χ0n) is 41.0. The summed E-state index contributed by atoms with van der Waals surface area (Å²) in [4.78, 5) is 0. The van der Waals surface area contributed by atoms with Gasteiger partial charge in [0.05, 0.1) is 62.3 Å². The molecule has 0 spiro atoms. The van der Waals surface area contributed by atoms with Crippen molar-refractivity contribution >= 4 is 43.6 Å². The van der Waals surface area contributed by atoms with Crippen LogP contribution >= 0.6 is 0 Å². The van der Waals surface area contributed by atoms with Gasteiger partial charge in [-0.3, -0.25) is 0 Å². The van der Waals surface area contributed by atoms with Gasteiger partial charge in [-0.2, -0.15) is 23.7 Å². The van der Waals surface area contributed by atoms with Gasteiger partial charge < -0.3 is 9.13 Å². The van der Waals surface area contributed by atoms with Crippen LogP contribution in [-0.2, 0) is 6.18 Å². The lowest BCUT2D eigenvalue weighted by Gasteiger charge is -2.21. The summed E-state index contributed by atoms with van der Waals surface area (Å²) in [7, 11) is 0. The minimum atomic E-state index is -4.85. The predicted molar refractivity (Wildman–Crippen MR) is 296 cm³/mol. The maximum Gasteiger partial charge on any atom is 0.417 e. The second-order valence-corrected chi connectivity index (χ2v) is 19.2. The number of halogens is 3. The Hall–Kier alpha value is -9.43. The monoisotopic (exact) mass is 962 g/mol. The van der Waals surface area contributed by atoms with E-state index >= 15 is 13.2 Å². The molecule has 0 atom stereocenters. The standard InChI is InChI=1S/C67H45F3N4/c1-40-13-5-9-17-50(40)45-22-27-55-56-28-23-46(51-18-10-6-14-41(51)2)33-62(56)73(61(55)32-45)65-36-49(39-72)59(54-26-21-44(38-71)31-60(54)67(68,69)70)37-66(65)74-63-34-47(52-19-11-7-15-42(52)3)24-29-57(63)58-30-25-48(35-64(58)74)53-20-12-8-16-43(53)4/h5-37H,1-4H3. The fourth-order valence-electron chi connectivity index (χ4n) is 11.1. The van der Waals surface area contributed by atoms with E-state index in [1.54, 1.807) is 12.1 Å². The van der Waals surface area contributed by atoms with E-state index < -0.39 is 11.7 Å². The Balaban J connectivity index is 1.29. The summed E-state index contributed by atoms with van der Waals surface area (Å²) in [6.45, 7) is 8.36. The molecule has 0 amide bonds. The molecule has 2 aromatic heterocycles. The number of aromatic nitrogens is 2. The summed E-state index contributed by atoms with van der Waals surface area (Å²) in [5.41, 5.74) is 15.9. The van der Waals surface area contributed by atoms with Crippen molar-refractivity contribution in [1.29, 1.82) is 10.5 Å². The Labute approximate surface area is 426 Å². The summed E-state index contributed by atoms with van der Waals surface area (Å²) in [5, 5.41) is 25.0. The van der Waals surface area contributed by atoms with Crippen LogP contribution in [0.5, 0.6) is 0 Å². The molecule has 0 unspecified atom stereocenters. The number of rotatable bonds is 7. The number of aryl methyl sites for hydroxylation is 4. The summed E-state index contributed by atoms with van der Waals surface area (Å²) in [6.07, 6.45) is -4.85. The first kappa shape index (κ1) is 45.7. The number of benzene rings is 10. The van der Waals surface area contributed by atoms with Crippen molar-refractivity contribution < 1.29 is 13.2 Å². The summed E-state index contributed by atoms with van der Waals surface area (Å²) >= 11 is 0. The topological polar surface area (TPSA) is 57.4 Å². The normalized spacial score (nSPS) is 11.7. The van der Waals surface area contributed by atoms with Gasteiger partial charge in [-0.1, -0.05) is 152 Å². The zero-order chi connectivity index (χ0) is 51.0. The first-order chi connectivity index (χ1) is 35.9. The van der Waals surface area contributed by atoms with Gasteiger partial charge in [-0.15, -0.1) is 0 Å². The molecule has 0 bridgehead atoms. The van der Waals surface area contributed by atoms with E-state index in [9.17, 15) is 10.5 Å². The Morgan fingerprint density at radius 2 is 0.703 bits per heavy atom. The second kappa shape index (κ2) is 17.7. The Bertz CT molecular complexity index is 4180. The highest BCUT2D eigenvalue weighted by molar-refractivity contribution is 6.14. The van der Waals surface area contributed by atoms with Gasteiger partial charge in [0, 0.05) is 27.1 Å². The van der Waals surface area contributed by atoms with Gasteiger partial charge in [0.1, 0.15) is 0 Å². The molecule has 0 radical (unpaired) electrons. The second-order valence-electron chi connectivity index (χ2n) is 19.2. The predicted octanol–water partition coefficient (Wildman–Crippen LogP) is 18.2. The molecular weight excluding hydrogens is 918 g/mol. The number of nitriles is 2. The van der Waals surface area contributed by atoms with Crippen molar-refractivity contribution in [3.8, 4) is 79.1 Å². The fraction of sp³-hybridized carbons (Fsp3) is 0.0746. The van der Waals surface area contributed by atoms with Crippen LogP contribution in [0.1, 0.15) is 38.9 Å². The molecule has 0 aliphatic heterocycles. The molecule has 10 aromatic carbocycles. The fourth-order valence-corrected chi connectivity index (χ4v) is 11.1. The lowest BCUT2D eigenvalue weighted by Crippen LogP contribution is -2.10. The highest BCUT2D eigenvalue weighted by atomic mass is 19.4. The van der Waals surface area contributed by atoms with Crippen molar-refractivity contribution in [2.24, 2.45) is 0 Å². The number of fused-ring (bicyclic) bond motifs is 6. The number of hydrogen-bond acceptors (Lipinski definition) is 2. The number of alkyl halides is 3. The smallest absolute Gasteiger partial charge is 0.307 e. The van der Waals surface area contributed by atoms with Gasteiger partial charge in [-0.25, -0.2) is 0 Å². The molecule has 7 heteroatoms. The molecule has 0 saturated heterocycles. The van der Waals surface area contributed by atoms with Crippen molar-refractivity contribution in [2.75, 3.05) is 0 Å². The van der Waals surface area contributed by atoms with E-state index in [2.05, 4.69) is 164 Å². The van der Waals surface area contributed by atoms with Crippen LogP contribution in [0.15, 0.2) is 200 Å². The molecule has 0 aliphatic carbocycles. The van der Waals surface area contributed by atoms with Crippen LogP contribution in [0.2, 0.25) is 0 Å². The number of nitrogens with zero attached hydrogens (tertiary/aromatic N) is 4.